The number of carbonyl (C=O) groups excluding carboxylic acids is 1. The largest absolute Gasteiger partial charge is 0.348 e. The van der Waals surface area contributed by atoms with E-state index in [-0.39, 0.29) is 5.91 Å². The topological polar surface area (TPSA) is 46.9 Å². The SMILES string of the molecule is CCc1nn(C)cc1CNC(=O)c1cc(I)ccc1Br. The normalized spacial score (nSPS) is 10.6. The predicted octanol–water partition coefficient (Wildman–Crippen LogP) is 3.28. The summed E-state index contributed by atoms with van der Waals surface area (Å²) < 4.78 is 3.62. The van der Waals surface area contributed by atoms with Gasteiger partial charge < -0.3 is 5.32 Å². The van der Waals surface area contributed by atoms with Gasteiger partial charge in [0.05, 0.1) is 11.3 Å². The smallest absolute Gasteiger partial charge is 0.252 e. The summed E-state index contributed by atoms with van der Waals surface area (Å²) in [5.41, 5.74) is 2.73. The minimum atomic E-state index is -0.0821. The molecule has 2 rings (SSSR count). The van der Waals surface area contributed by atoms with Crippen LogP contribution in [-0.2, 0) is 20.0 Å². The minimum Gasteiger partial charge on any atom is -0.348 e. The number of amides is 1. The molecule has 106 valence electrons. The van der Waals surface area contributed by atoms with E-state index < -0.39 is 0 Å². The van der Waals surface area contributed by atoms with Gasteiger partial charge in [0.2, 0.25) is 0 Å². The molecule has 0 fully saturated rings. The fourth-order valence-corrected chi connectivity index (χ4v) is 2.89. The Labute approximate surface area is 140 Å². The molecule has 0 atom stereocenters. The molecule has 0 spiro atoms. The van der Waals surface area contributed by atoms with E-state index in [0.717, 1.165) is 25.7 Å². The van der Waals surface area contributed by atoms with Crippen molar-refractivity contribution in [3.05, 3.63) is 49.3 Å². The van der Waals surface area contributed by atoms with Gasteiger partial charge in [-0.3, -0.25) is 9.48 Å². The second-order valence-corrected chi connectivity index (χ2v) is 6.54. The lowest BCUT2D eigenvalue weighted by Gasteiger charge is -2.07. The second kappa shape index (κ2) is 6.71. The van der Waals surface area contributed by atoms with E-state index in [4.69, 9.17) is 0 Å². The third kappa shape index (κ3) is 3.60. The molecule has 0 aliphatic heterocycles. The summed E-state index contributed by atoms with van der Waals surface area (Å²) in [5, 5.41) is 7.31. The predicted molar refractivity (Wildman–Crippen MR) is 90.6 cm³/mol. The average molecular weight is 448 g/mol. The van der Waals surface area contributed by atoms with E-state index in [9.17, 15) is 4.79 Å². The number of carbonyl (C=O) groups is 1. The fraction of sp³-hybridized carbons (Fsp3) is 0.286. The highest BCUT2D eigenvalue weighted by Gasteiger charge is 2.12. The molecule has 0 saturated heterocycles. The molecular formula is C14H15BrIN3O. The van der Waals surface area contributed by atoms with Gasteiger partial charge >= 0.3 is 0 Å². The molecule has 6 heteroatoms. The molecule has 20 heavy (non-hydrogen) atoms. The van der Waals surface area contributed by atoms with Gasteiger partial charge in [-0.2, -0.15) is 5.10 Å². The van der Waals surface area contributed by atoms with Crippen molar-refractivity contribution in [3.8, 4) is 0 Å². The number of aryl methyl sites for hydroxylation is 2. The Morgan fingerprint density at radius 2 is 2.25 bits per heavy atom. The number of nitrogens with one attached hydrogen (secondary N) is 1. The summed E-state index contributed by atoms with van der Waals surface area (Å²) in [6, 6.07) is 5.71. The van der Waals surface area contributed by atoms with Crippen LogP contribution in [-0.4, -0.2) is 15.7 Å². The monoisotopic (exact) mass is 447 g/mol. The molecule has 0 bridgehead atoms. The van der Waals surface area contributed by atoms with Crippen LogP contribution in [0.2, 0.25) is 0 Å². The Morgan fingerprint density at radius 3 is 2.95 bits per heavy atom. The summed E-state index contributed by atoms with van der Waals surface area (Å²) in [7, 11) is 1.89. The van der Waals surface area contributed by atoms with Crippen LogP contribution in [0, 0.1) is 3.57 Å². The van der Waals surface area contributed by atoms with E-state index in [1.807, 2.05) is 31.4 Å². The molecule has 1 amide bonds. The van der Waals surface area contributed by atoms with Crippen molar-refractivity contribution < 1.29 is 4.79 Å². The molecule has 2 aromatic rings. The van der Waals surface area contributed by atoms with Gasteiger partial charge in [0, 0.05) is 33.4 Å². The highest BCUT2D eigenvalue weighted by Crippen LogP contribution is 2.19. The van der Waals surface area contributed by atoms with Crippen molar-refractivity contribution in [2.45, 2.75) is 19.9 Å². The Morgan fingerprint density at radius 1 is 1.50 bits per heavy atom. The number of aromatic nitrogens is 2. The molecule has 0 aliphatic rings. The van der Waals surface area contributed by atoms with Crippen molar-refractivity contribution in [2.24, 2.45) is 7.05 Å². The zero-order chi connectivity index (χ0) is 14.7. The van der Waals surface area contributed by atoms with Gasteiger partial charge in [0.25, 0.3) is 5.91 Å². The summed E-state index contributed by atoms with van der Waals surface area (Å²) in [4.78, 5) is 12.2. The first-order chi connectivity index (χ1) is 9.51. The van der Waals surface area contributed by atoms with Crippen LogP contribution >= 0.6 is 38.5 Å². The fourth-order valence-electron chi connectivity index (χ4n) is 1.97. The van der Waals surface area contributed by atoms with Crippen LogP contribution in [0.4, 0.5) is 0 Å². The molecule has 0 aliphatic carbocycles. The molecule has 4 nitrogen and oxygen atoms in total. The Kier molecular flexibility index (Phi) is 5.20. The first-order valence-corrected chi connectivity index (χ1v) is 8.13. The van der Waals surface area contributed by atoms with Gasteiger partial charge in [-0.1, -0.05) is 6.92 Å². The summed E-state index contributed by atoms with van der Waals surface area (Å²) >= 11 is 5.60. The first kappa shape index (κ1) is 15.5. The van der Waals surface area contributed by atoms with Crippen LogP contribution < -0.4 is 5.32 Å². The second-order valence-electron chi connectivity index (χ2n) is 4.44. The highest BCUT2D eigenvalue weighted by atomic mass is 127. The summed E-state index contributed by atoms with van der Waals surface area (Å²) in [6.07, 6.45) is 2.81. The van der Waals surface area contributed by atoms with E-state index >= 15 is 0 Å². The molecule has 1 aromatic heterocycles. The van der Waals surface area contributed by atoms with Crippen molar-refractivity contribution in [3.63, 3.8) is 0 Å². The van der Waals surface area contributed by atoms with Gasteiger partial charge in [-0.15, -0.1) is 0 Å². The molecule has 1 heterocycles. The van der Waals surface area contributed by atoms with Crippen LogP contribution in [0.15, 0.2) is 28.9 Å². The maximum atomic E-state index is 12.2. The number of benzene rings is 1. The van der Waals surface area contributed by atoms with Gasteiger partial charge in [0.15, 0.2) is 0 Å². The van der Waals surface area contributed by atoms with E-state index in [0.29, 0.717) is 12.1 Å². The van der Waals surface area contributed by atoms with E-state index in [1.165, 1.54) is 0 Å². The van der Waals surface area contributed by atoms with Crippen molar-refractivity contribution in [2.75, 3.05) is 0 Å². The number of hydrogen-bond donors (Lipinski definition) is 1. The average Bonchev–Trinajstić information content (AvgIpc) is 2.79. The molecule has 0 saturated carbocycles. The lowest BCUT2D eigenvalue weighted by molar-refractivity contribution is 0.0950. The maximum Gasteiger partial charge on any atom is 0.252 e. The van der Waals surface area contributed by atoms with Crippen LogP contribution in [0.25, 0.3) is 0 Å². The molecular weight excluding hydrogens is 433 g/mol. The quantitative estimate of drug-likeness (QED) is 0.731. The Balaban J connectivity index is 2.10. The van der Waals surface area contributed by atoms with E-state index in [1.54, 1.807) is 4.68 Å². The zero-order valence-corrected chi connectivity index (χ0v) is 15.0. The zero-order valence-electron chi connectivity index (χ0n) is 11.3. The van der Waals surface area contributed by atoms with Gasteiger partial charge in [-0.25, -0.2) is 0 Å². The molecule has 1 N–H and O–H groups in total. The van der Waals surface area contributed by atoms with E-state index in [2.05, 4.69) is 55.9 Å². The van der Waals surface area contributed by atoms with Crippen LogP contribution in [0.5, 0.6) is 0 Å². The van der Waals surface area contributed by atoms with Gasteiger partial charge in [0.1, 0.15) is 0 Å². The molecule has 0 radical (unpaired) electrons. The summed E-state index contributed by atoms with van der Waals surface area (Å²) in [6.45, 7) is 2.55. The highest BCUT2D eigenvalue weighted by molar-refractivity contribution is 14.1. The third-order valence-corrected chi connectivity index (χ3v) is 4.30. The minimum absolute atomic E-state index is 0.0821. The lowest BCUT2D eigenvalue weighted by atomic mass is 10.2. The first-order valence-electron chi connectivity index (χ1n) is 6.26. The molecule has 0 unspecified atom stereocenters. The Bertz CT molecular complexity index is 639. The maximum absolute atomic E-state index is 12.2. The Hall–Kier alpha value is -0.890. The van der Waals surface area contributed by atoms with Crippen molar-refractivity contribution in [1.82, 2.24) is 15.1 Å². The number of halogens is 2. The lowest BCUT2D eigenvalue weighted by Crippen LogP contribution is -2.23. The van der Waals surface area contributed by atoms with Gasteiger partial charge in [-0.05, 0) is 63.1 Å². The number of rotatable bonds is 4. The van der Waals surface area contributed by atoms with Crippen molar-refractivity contribution in [1.29, 1.82) is 0 Å². The standard InChI is InChI=1S/C14H15BrIN3O/c1-3-13-9(8-19(2)18-13)7-17-14(20)11-6-10(16)4-5-12(11)15/h4-6,8H,3,7H2,1-2H3,(H,17,20). The number of hydrogen-bond acceptors (Lipinski definition) is 2. The van der Waals surface area contributed by atoms with Crippen LogP contribution in [0.3, 0.4) is 0 Å². The summed E-state index contributed by atoms with van der Waals surface area (Å²) in [5.74, 6) is -0.0821. The molecule has 1 aromatic carbocycles. The van der Waals surface area contributed by atoms with Crippen LogP contribution in [0.1, 0.15) is 28.5 Å². The number of nitrogens with zero attached hydrogens (tertiary/aromatic N) is 2. The third-order valence-electron chi connectivity index (χ3n) is 2.94. The van der Waals surface area contributed by atoms with Crippen molar-refractivity contribution >= 4 is 44.4 Å².